The number of carbonyl (C=O) groups is 1. The van der Waals surface area contributed by atoms with E-state index in [1.165, 1.54) is 96.0 Å². The summed E-state index contributed by atoms with van der Waals surface area (Å²) in [6, 6.07) is 26.3. The third-order valence-corrected chi connectivity index (χ3v) is 8.37. The van der Waals surface area contributed by atoms with E-state index in [0.29, 0.717) is 6.42 Å². The maximum Gasteiger partial charge on any atom is 0.303 e. The van der Waals surface area contributed by atoms with Gasteiger partial charge in [-0.05, 0) is 83.7 Å². The Morgan fingerprint density at radius 2 is 1.14 bits per heavy atom. The number of aliphatic carboxylic acids is 1. The van der Waals surface area contributed by atoms with Gasteiger partial charge in [-0.3, -0.25) is 4.79 Å². The van der Waals surface area contributed by atoms with Crippen molar-refractivity contribution in [3.05, 3.63) is 90.5 Å². The average molecular weight is 565 g/mol. The number of unbranched alkanes of at least 4 members (excludes halogenated alkanes) is 11. The number of carboxylic acids is 1. The molecule has 0 radical (unpaired) electrons. The van der Waals surface area contributed by atoms with Gasteiger partial charge in [-0.2, -0.15) is 0 Å². The summed E-state index contributed by atoms with van der Waals surface area (Å²) in [4.78, 5) is 10.5. The van der Waals surface area contributed by atoms with E-state index < -0.39 is 5.97 Å². The fraction of sp³-hybridized carbons (Fsp3) is 0.410. The topological polar surface area (TPSA) is 46.5 Å². The minimum Gasteiger partial charge on any atom is -0.496 e. The van der Waals surface area contributed by atoms with Crippen LogP contribution in [0, 0.1) is 0 Å². The first-order chi connectivity index (χ1) is 20.7. The van der Waals surface area contributed by atoms with Crippen LogP contribution in [0.4, 0.5) is 0 Å². The van der Waals surface area contributed by atoms with E-state index in [0.717, 1.165) is 37.9 Å². The quantitative estimate of drug-likeness (QED) is 0.0910. The molecular formula is C39H48O3. The molecule has 0 heterocycles. The number of benzene rings is 4. The van der Waals surface area contributed by atoms with Crippen LogP contribution in [0.15, 0.2) is 84.9 Å². The molecule has 0 bridgehead atoms. The van der Waals surface area contributed by atoms with E-state index in [9.17, 15) is 4.79 Å². The van der Waals surface area contributed by atoms with Crippen molar-refractivity contribution < 1.29 is 14.6 Å². The SMILES string of the molecule is COc1ccc2ccccc2c1-c1c(CCCCCCCC/C=C\CCCCCCCC(=O)O)ccc2ccccc12. The lowest BCUT2D eigenvalue weighted by atomic mass is 9.87. The molecule has 0 aliphatic rings. The third kappa shape index (κ3) is 9.21. The molecule has 0 saturated heterocycles. The highest BCUT2D eigenvalue weighted by Crippen LogP contribution is 2.42. The Hall–Kier alpha value is -3.59. The monoisotopic (exact) mass is 564 g/mol. The van der Waals surface area contributed by atoms with Gasteiger partial charge in [-0.1, -0.05) is 124 Å². The first kappa shape index (κ1) is 31.3. The number of carboxylic acid groups (broad SMARTS) is 1. The maximum atomic E-state index is 10.5. The van der Waals surface area contributed by atoms with Gasteiger partial charge in [0.25, 0.3) is 0 Å². The summed E-state index contributed by atoms with van der Waals surface area (Å²) < 4.78 is 5.93. The number of fused-ring (bicyclic) bond motifs is 2. The van der Waals surface area contributed by atoms with E-state index in [-0.39, 0.29) is 0 Å². The smallest absolute Gasteiger partial charge is 0.303 e. The first-order valence-corrected chi connectivity index (χ1v) is 16.1. The minimum absolute atomic E-state index is 0.312. The average Bonchev–Trinajstić information content (AvgIpc) is 3.01. The van der Waals surface area contributed by atoms with Crippen LogP contribution in [0.25, 0.3) is 32.7 Å². The zero-order valence-corrected chi connectivity index (χ0v) is 25.5. The van der Waals surface area contributed by atoms with E-state index in [2.05, 4.69) is 84.9 Å². The van der Waals surface area contributed by atoms with Crippen molar-refractivity contribution in [2.45, 2.75) is 96.3 Å². The van der Waals surface area contributed by atoms with Crippen LogP contribution < -0.4 is 4.74 Å². The van der Waals surface area contributed by atoms with Gasteiger partial charge in [0.15, 0.2) is 0 Å². The highest BCUT2D eigenvalue weighted by Gasteiger charge is 2.17. The summed E-state index contributed by atoms with van der Waals surface area (Å²) in [7, 11) is 1.78. The number of rotatable bonds is 19. The highest BCUT2D eigenvalue weighted by atomic mass is 16.5. The predicted molar refractivity (Wildman–Crippen MR) is 179 cm³/mol. The zero-order valence-electron chi connectivity index (χ0n) is 25.5. The van der Waals surface area contributed by atoms with E-state index in [1.54, 1.807) is 7.11 Å². The van der Waals surface area contributed by atoms with E-state index in [4.69, 9.17) is 9.84 Å². The molecule has 0 aliphatic heterocycles. The molecule has 42 heavy (non-hydrogen) atoms. The normalized spacial score (nSPS) is 11.5. The summed E-state index contributed by atoms with van der Waals surface area (Å²) in [5.74, 6) is 0.264. The molecule has 3 nitrogen and oxygen atoms in total. The van der Waals surface area contributed by atoms with Crippen LogP contribution in [-0.2, 0) is 11.2 Å². The Morgan fingerprint density at radius 3 is 1.76 bits per heavy atom. The molecule has 4 rings (SSSR count). The van der Waals surface area contributed by atoms with Gasteiger partial charge in [-0.25, -0.2) is 0 Å². The number of hydrogen-bond donors (Lipinski definition) is 1. The van der Waals surface area contributed by atoms with Crippen molar-refractivity contribution in [3.8, 4) is 16.9 Å². The Labute approximate surface area is 252 Å². The number of hydrogen-bond acceptors (Lipinski definition) is 2. The Bertz CT molecular complexity index is 1430. The molecule has 222 valence electrons. The molecule has 0 unspecified atom stereocenters. The first-order valence-electron chi connectivity index (χ1n) is 16.1. The summed E-state index contributed by atoms with van der Waals surface area (Å²) in [5.41, 5.74) is 3.95. The lowest BCUT2D eigenvalue weighted by Crippen LogP contribution is -1.96. The molecule has 1 N–H and O–H groups in total. The highest BCUT2D eigenvalue weighted by molar-refractivity contribution is 6.08. The Kier molecular flexibility index (Phi) is 13.0. The standard InChI is InChI=1S/C39H48O3/c1-42-36-30-29-32-22-18-20-25-35(32)39(36)38-33(28-27-31-21-17-19-24-34(31)38)23-15-13-11-9-7-5-3-2-4-6-8-10-12-14-16-26-37(40)41/h2,4,17-22,24-25,27-30H,3,5-16,23,26H2,1H3,(H,40,41)/b4-2-. The van der Waals surface area contributed by atoms with Gasteiger partial charge in [-0.15, -0.1) is 0 Å². The van der Waals surface area contributed by atoms with Crippen LogP contribution in [-0.4, -0.2) is 18.2 Å². The second-order valence-corrected chi connectivity index (χ2v) is 11.5. The zero-order chi connectivity index (χ0) is 29.4. The van der Waals surface area contributed by atoms with E-state index >= 15 is 0 Å². The van der Waals surface area contributed by atoms with Crippen LogP contribution >= 0.6 is 0 Å². The van der Waals surface area contributed by atoms with Crippen molar-refractivity contribution in [2.24, 2.45) is 0 Å². The van der Waals surface area contributed by atoms with Gasteiger partial charge in [0.2, 0.25) is 0 Å². The molecule has 3 heteroatoms. The van der Waals surface area contributed by atoms with Gasteiger partial charge < -0.3 is 9.84 Å². The summed E-state index contributed by atoms with van der Waals surface area (Å²) in [6.07, 6.45) is 21.5. The molecule has 0 saturated carbocycles. The van der Waals surface area contributed by atoms with Crippen LogP contribution in [0.1, 0.15) is 95.5 Å². The second-order valence-electron chi connectivity index (χ2n) is 11.5. The molecule has 4 aromatic carbocycles. The molecule has 0 aliphatic carbocycles. The summed E-state index contributed by atoms with van der Waals surface area (Å²) in [5, 5.41) is 13.7. The molecule has 4 aromatic rings. The van der Waals surface area contributed by atoms with E-state index in [1.807, 2.05) is 0 Å². The van der Waals surface area contributed by atoms with Crippen LogP contribution in [0.2, 0.25) is 0 Å². The predicted octanol–water partition coefficient (Wildman–Crippen LogP) is 11.3. The van der Waals surface area contributed by atoms with Gasteiger partial charge in [0.1, 0.15) is 5.75 Å². The van der Waals surface area contributed by atoms with Crippen molar-refractivity contribution in [1.82, 2.24) is 0 Å². The maximum absolute atomic E-state index is 10.5. The van der Waals surface area contributed by atoms with Gasteiger partial charge >= 0.3 is 5.97 Å². The lowest BCUT2D eigenvalue weighted by Gasteiger charge is -2.18. The van der Waals surface area contributed by atoms with Gasteiger partial charge in [0, 0.05) is 12.0 Å². The van der Waals surface area contributed by atoms with Crippen molar-refractivity contribution in [3.63, 3.8) is 0 Å². The van der Waals surface area contributed by atoms with Crippen LogP contribution in [0.3, 0.4) is 0 Å². The minimum atomic E-state index is -0.674. The molecule has 0 aromatic heterocycles. The lowest BCUT2D eigenvalue weighted by molar-refractivity contribution is -0.137. The molecule has 0 spiro atoms. The molecule has 0 amide bonds. The second kappa shape index (κ2) is 17.4. The van der Waals surface area contributed by atoms with Crippen molar-refractivity contribution in [1.29, 1.82) is 0 Å². The Balaban J connectivity index is 1.23. The Morgan fingerprint density at radius 1 is 0.619 bits per heavy atom. The number of ether oxygens (including phenoxy) is 1. The number of aryl methyl sites for hydroxylation is 1. The molecule has 0 atom stereocenters. The third-order valence-electron chi connectivity index (χ3n) is 8.37. The van der Waals surface area contributed by atoms with Crippen molar-refractivity contribution in [2.75, 3.05) is 7.11 Å². The number of methoxy groups -OCH3 is 1. The largest absolute Gasteiger partial charge is 0.496 e. The fourth-order valence-electron chi connectivity index (χ4n) is 6.09. The molecular weight excluding hydrogens is 516 g/mol. The van der Waals surface area contributed by atoms with Crippen molar-refractivity contribution >= 4 is 27.5 Å². The van der Waals surface area contributed by atoms with Crippen LogP contribution in [0.5, 0.6) is 5.75 Å². The number of allylic oxidation sites excluding steroid dienone is 2. The van der Waals surface area contributed by atoms with Gasteiger partial charge in [0.05, 0.1) is 7.11 Å². The fourth-order valence-corrected chi connectivity index (χ4v) is 6.09. The molecule has 0 fully saturated rings. The summed E-state index contributed by atoms with van der Waals surface area (Å²) in [6.45, 7) is 0. The summed E-state index contributed by atoms with van der Waals surface area (Å²) >= 11 is 0.